The Kier molecular flexibility index (Phi) is 2.36. The molecule has 72 valence electrons. The van der Waals surface area contributed by atoms with Gasteiger partial charge in [0.25, 0.3) is 0 Å². The number of hydrogen-bond donors (Lipinski definition) is 1. The second-order valence-electron chi connectivity index (χ2n) is 4.09. The first-order valence-electron chi connectivity index (χ1n) is 5.05. The second kappa shape index (κ2) is 3.50. The SMILES string of the molecule is NC1(CCCCn2cccn2)CC1. The molecule has 0 aromatic carbocycles. The van der Waals surface area contributed by atoms with Crippen molar-refractivity contribution >= 4 is 0 Å². The smallest absolute Gasteiger partial charge is 0.0489 e. The van der Waals surface area contributed by atoms with Crippen LogP contribution in [0.5, 0.6) is 0 Å². The summed E-state index contributed by atoms with van der Waals surface area (Å²) >= 11 is 0. The van der Waals surface area contributed by atoms with E-state index in [1.54, 1.807) is 0 Å². The van der Waals surface area contributed by atoms with Crippen LogP contribution in [0.2, 0.25) is 0 Å². The van der Waals surface area contributed by atoms with Crippen LogP contribution in [0.1, 0.15) is 32.1 Å². The minimum absolute atomic E-state index is 0.226. The highest BCUT2D eigenvalue weighted by Gasteiger charge is 2.36. The van der Waals surface area contributed by atoms with Gasteiger partial charge in [-0.1, -0.05) is 0 Å². The number of aryl methyl sites for hydroxylation is 1. The fourth-order valence-electron chi connectivity index (χ4n) is 1.59. The van der Waals surface area contributed by atoms with Crippen molar-refractivity contribution in [3.63, 3.8) is 0 Å². The van der Waals surface area contributed by atoms with Crippen molar-refractivity contribution in [2.45, 2.75) is 44.2 Å². The number of rotatable bonds is 5. The number of unbranched alkanes of at least 4 members (excludes halogenated alkanes) is 1. The van der Waals surface area contributed by atoms with Crippen LogP contribution in [0.15, 0.2) is 18.5 Å². The highest BCUT2D eigenvalue weighted by molar-refractivity contribution is 4.98. The van der Waals surface area contributed by atoms with E-state index < -0.39 is 0 Å². The molecule has 1 fully saturated rings. The maximum atomic E-state index is 5.98. The maximum absolute atomic E-state index is 5.98. The Hall–Kier alpha value is -0.830. The lowest BCUT2D eigenvalue weighted by Gasteiger charge is -2.07. The summed E-state index contributed by atoms with van der Waals surface area (Å²) in [5, 5.41) is 4.15. The molecule has 1 heterocycles. The third-order valence-electron chi connectivity index (χ3n) is 2.76. The summed E-state index contributed by atoms with van der Waals surface area (Å²) in [6.45, 7) is 1.03. The van der Waals surface area contributed by atoms with Crippen LogP contribution in [0, 0.1) is 0 Å². The molecule has 0 atom stereocenters. The lowest BCUT2D eigenvalue weighted by molar-refractivity contribution is 0.502. The fraction of sp³-hybridized carbons (Fsp3) is 0.700. The normalized spacial score (nSPS) is 18.8. The van der Waals surface area contributed by atoms with E-state index in [9.17, 15) is 0 Å². The maximum Gasteiger partial charge on any atom is 0.0489 e. The van der Waals surface area contributed by atoms with Crippen LogP contribution in [0.25, 0.3) is 0 Å². The van der Waals surface area contributed by atoms with Crippen LogP contribution < -0.4 is 5.73 Å². The van der Waals surface area contributed by atoms with E-state index in [2.05, 4.69) is 5.10 Å². The van der Waals surface area contributed by atoms with Crippen LogP contribution in [0.4, 0.5) is 0 Å². The molecule has 1 aliphatic rings. The molecule has 0 spiro atoms. The summed E-state index contributed by atoms with van der Waals surface area (Å²) in [5.74, 6) is 0. The van der Waals surface area contributed by atoms with E-state index >= 15 is 0 Å². The lowest BCUT2D eigenvalue weighted by atomic mass is 10.1. The molecule has 0 unspecified atom stereocenters. The predicted octanol–water partition coefficient (Wildman–Crippen LogP) is 1.54. The highest BCUT2D eigenvalue weighted by atomic mass is 15.3. The predicted molar refractivity (Wildman–Crippen MR) is 52.2 cm³/mol. The Morgan fingerprint density at radius 2 is 2.23 bits per heavy atom. The summed E-state index contributed by atoms with van der Waals surface area (Å²) in [5.41, 5.74) is 6.21. The molecule has 0 bridgehead atoms. The third-order valence-corrected chi connectivity index (χ3v) is 2.76. The highest BCUT2D eigenvalue weighted by Crippen LogP contribution is 2.36. The van der Waals surface area contributed by atoms with Gasteiger partial charge in [-0.3, -0.25) is 4.68 Å². The Morgan fingerprint density at radius 1 is 1.38 bits per heavy atom. The van der Waals surface area contributed by atoms with Crippen molar-refractivity contribution in [3.05, 3.63) is 18.5 Å². The summed E-state index contributed by atoms with van der Waals surface area (Å²) in [6.07, 6.45) is 9.91. The van der Waals surface area contributed by atoms with E-state index in [1.807, 2.05) is 23.1 Å². The van der Waals surface area contributed by atoms with E-state index in [1.165, 1.54) is 32.1 Å². The monoisotopic (exact) mass is 179 g/mol. The van der Waals surface area contributed by atoms with Crippen molar-refractivity contribution in [3.8, 4) is 0 Å². The number of aromatic nitrogens is 2. The molecule has 13 heavy (non-hydrogen) atoms. The van der Waals surface area contributed by atoms with E-state index in [0.717, 1.165) is 6.54 Å². The van der Waals surface area contributed by atoms with Crippen molar-refractivity contribution in [1.82, 2.24) is 9.78 Å². The van der Waals surface area contributed by atoms with Gasteiger partial charge >= 0.3 is 0 Å². The fourth-order valence-corrected chi connectivity index (χ4v) is 1.59. The van der Waals surface area contributed by atoms with Crippen LogP contribution in [-0.4, -0.2) is 15.3 Å². The van der Waals surface area contributed by atoms with Gasteiger partial charge in [0.1, 0.15) is 0 Å². The first-order valence-corrected chi connectivity index (χ1v) is 5.05. The Morgan fingerprint density at radius 3 is 2.85 bits per heavy atom. The molecule has 0 amide bonds. The molecule has 3 heteroatoms. The zero-order chi connectivity index (χ0) is 9.15. The van der Waals surface area contributed by atoms with Gasteiger partial charge in [-0.15, -0.1) is 0 Å². The summed E-state index contributed by atoms with van der Waals surface area (Å²) in [4.78, 5) is 0. The first kappa shape index (κ1) is 8.75. The summed E-state index contributed by atoms with van der Waals surface area (Å²) in [7, 11) is 0. The van der Waals surface area contributed by atoms with Gasteiger partial charge in [0.15, 0.2) is 0 Å². The quantitative estimate of drug-likeness (QED) is 0.697. The van der Waals surface area contributed by atoms with Crippen molar-refractivity contribution in [2.24, 2.45) is 5.73 Å². The molecule has 2 rings (SSSR count). The lowest BCUT2D eigenvalue weighted by Crippen LogP contribution is -2.21. The molecule has 1 aromatic rings. The number of nitrogens with zero attached hydrogens (tertiary/aromatic N) is 2. The standard InChI is InChI=1S/C10H17N3/c11-10(5-6-10)4-1-2-8-13-9-3-7-12-13/h3,7,9H,1-2,4-6,8,11H2. The van der Waals surface area contributed by atoms with Crippen LogP contribution in [-0.2, 0) is 6.54 Å². The van der Waals surface area contributed by atoms with Gasteiger partial charge in [-0.05, 0) is 38.2 Å². The minimum atomic E-state index is 0.226. The Labute approximate surface area is 78.9 Å². The second-order valence-corrected chi connectivity index (χ2v) is 4.09. The topological polar surface area (TPSA) is 43.8 Å². The first-order chi connectivity index (χ1) is 6.29. The zero-order valence-electron chi connectivity index (χ0n) is 7.95. The van der Waals surface area contributed by atoms with E-state index in [0.29, 0.717) is 0 Å². The van der Waals surface area contributed by atoms with Gasteiger partial charge in [-0.25, -0.2) is 0 Å². The average Bonchev–Trinajstić information content (AvgIpc) is 2.69. The van der Waals surface area contributed by atoms with Gasteiger partial charge in [0, 0.05) is 24.5 Å². The molecule has 0 radical (unpaired) electrons. The molecule has 2 N–H and O–H groups in total. The molecular weight excluding hydrogens is 162 g/mol. The molecular formula is C10H17N3. The van der Waals surface area contributed by atoms with Gasteiger partial charge in [-0.2, -0.15) is 5.10 Å². The third kappa shape index (κ3) is 2.56. The van der Waals surface area contributed by atoms with Gasteiger partial charge in [0.2, 0.25) is 0 Å². The molecule has 1 aromatic heterocycles. The van der Waals surface area contributed by atoms with Crippen molar-refractivity contribution in [2.75, 3.05) is 0 Å². The van der Waals surface area contributed by atoms with Crippen molar-refractivity contribution < 1.29 is 0 Å². The number of hydrogen-bond acceptors (Lipinski definition) is 2. The molecule has 3 nitrogen and oxygen atoms in total. The average molecular weight is 179 g/mol. The van der Waals surface area contributed by atoms with Gasteiger partial charge in [0.05, 0.1) is 0 Å². The van der Waals surface area contributed by atoms with Crippen LogP contribution in [0.3, 0.4) is 0 Å². The minimum Gasteiger partial charge on any atom is -0.325 e. The number of nitrogens with two attached hydrogens (primary N) is 1. The summed E-state index contributed by atoms with van der Waals surface area (Å²) < 4.78 is 1.98. The summed E-state index contributed by atoms with van der Waals surface area (Å²) in [6, 6.07) is 1.96. The van der Waals surface area contributed by atoms with Gasteiger partial charge < -0.3 is 5.73 Å². The van der Waals surface area contributed by atoms with E-state index in [-0.39, 0.29) is 5.54 Å². The molecule has 1 aliphatic carbocycles. The molecule has 0 saturated heterocycles. The molecule has 0 aliphatic heterocycles. The zero-order valence-corrected chi connectivity index (χ0v) is 7.95. The largest absolute Gasteiger partial charge is 0.325 e. The van der Waals surface area contributed by atoms with Crippen molar-refractivity contribution in [1.29, 1.82) is 0 Å². The Bertz CT molecular complexity index is 249. The van der Waals surface area contributed by atoms with E-state index in [4.69, 9.17) is 5.73 Å². The molecule has 1 saturated carbocycles. The van der Waals surface area contributed by atoms with Crippen LogP contribution >= 0.6 is 0 Å². The Balaban J connectivity index is 1.59.